The van der Waals surface area contributed by atoms with E-state index in [4.69, 9.17) is 11.0 Å². The predicted octanol–water partition coefficient (Wildman–Crippen LogP) is 2.26. The van der Waals surface area contributed by atoms with Gasteiger partial charge in [-0.2, -0.15) is 5.26 Å². The molecule has 0 spiro atoms. The molecule has 1 aliphatic rings. The van der Waals surface area contributed by atoms with E-state index in [9.17, 15) is 0 Å². The maximum Gasteiger partial charge on any atom is 0.144 e. The van der Waals surface area contributed by atoms with E-state index in [-0.39, 0.29) is 0 Å². The van der Waals surface area contributed by atoms with E-state index < -0.39 is 0 Å². The van der Waals surface area contributed by atoms with E-state index in [1.807, 2.05) is 0 Å². The summed E-state index contributed by atoms with van der Waals surface area (Å²) in [6, 6.07) is 4.28. The Labute approximate surface area is 109 Å². The standard InChI is InChI=1S/C12H15BrN4/c13-10-4-9(6-15)12(16-7-10)17-11-3-1-2-8(11)5-14/h4,7-8,11H,1-3,5,14H2,(H,16,17). The Morgan fingerprint density at radius 2 is 2.41 bits per heavy atom. The van der Waals surface area contributed by atoms with Crippen molar-refractivity contribution in [3.05, 3.63) is 22.3 Å². The summed E-state index contributed by atoms with van der Waals surface area (Å²) >= 11 is 3.31. The molecule has 1 aromatic heterocycles. The average molecular weight is 295 g/mol. The first-order valence-corrected chi connectivity index (χ1v) is 6.56. The van der Waals surface area contributed by atoms with E-state index in [0.717, 1.165) is 17.3 Å². The van der Waals surface area contributed by atoms with Crippen molar-refractivity contribution in [2.45, 2.75) is 25.3 Å². The zero-order chi connectivity index (χ0) is 12.3. The highest BCUT2D eigenvalue weighted by Crippen LogP contribution is 2.28. The van der Waals surface area contributed by atoms with Crippen LogP contribution in [0.5, 0.6) is 0 Å². The van der Waals surface area contributed by atoms with Crippen molar-refractivity contribution in [1.82, 2.24) is 4.98 Å². The van der Waals surface area contributed by atoms with Crippen LogP contribution in [-0.4, -0.2) is 17.6 Å². The second kappa shape index (κ2) is 5.48. The highest BCUT2D eigenvalue weighted by atomic mass is 79.9. The molecule has 2 atom stereocenters. The van der Waals surface area contributed by atoms with Crippen LogP contribution in [0.25, 0.3) is 0 Å². The predicted molar refractivity (Wildman–Crippen MR) is 70.5 cm³/mol. The van der Waals surface area contributed by atoms with Gasteiger partial charge in [0.1, 0.15) is 11.9 Å². The number of aromatic nitrogens is 1. The molecule has 0 aromatic carbocycles. The number of pyridine rings is 1. The van der Waals surface area contributed by atoms with Crippen LogP contribution in [0.15, 0.2) is 16.7 Å². The van der Waals surface area contributed by atoms with Crippen molar-refractivity contribution in [2.24, 2.45) is 11.7 Å². The van der Waals surface area contributed by atoms with Gasteiger partial charge >= 0.3 is 0 Å². The minimum atomic E-state index is 0.348. The highest BCUT2D eigenvalue weighted by molar-refractivity contribution is 9.10. The van der Waals surface area contributed by atoms with Gasteiger partial charge in [0, 0.05) is 16.7 Å². The number of nitrogens with two attached hydrogens (primary N) is 1. The summed E-state index contributed by atoms with van der Waals surface area (Å²) in [6.07, 6.45) is 5.16. The molecule has 1 aliphatic carbocycles. The monoisotopic (exact) mass is 294 g/mol. The molecule has 5 heteroatoms. The van der Waals surface area contributed by atoms with Crippen LogP contribution in [0.4, 0.5) is 5.82 Å². The minimum Gasteiger partial charge on any atom is -0.366 e. The summed E-state index contributed by atoms with van der Waals surface area (Å²) < 4.78 is 0.821. The van der Waals surface area contributed by atoms with Crippen molar-refractivity contribution in [3.8, 4) is 6.07 Å². The summed E-state index contributed by atoms with van der Waals surface area (Å²) in [5.41, 5.74) is 6.31. The number of rotatable bonds is 3. The van der Waals surface area contributed by atoms with Gasteiger partial charge in [-0.1, -0.05) is 6.42 Å². The molecule has 0 aliphatic heterocycles. The number of nitrogens with one attached hydrogen (secondary N) is 1. The van der Waals surface area contributed by atoms with Gasteiger partial charge in [-0.15, -0.1) is 0 Å². The third-order valence-electron chi connectivity index (χ3n) is 3.26. The lowest BCUT2D eigenvalue weighted by Gasteiger charge is -2.20. The van der Waals surface area contributed by atoms with Gasteiger partial charge in [0.05, 0.1) is 5.56 Å². The van der Waals surface area contributed by atoms with Gasteiger partial charge < -0.3 is 11.1 Å². The lowest BCUT2D eigenvalue weighted by Crippen LogP contribution is -2.30. The van der Waals surface area contributed by atoms with E-state index in [0.29, 0.717) is 29.9 Å². The molecule has 90 valence electrons. The SMILES string of the molecule is N#Cc1cc(Br)cnc1NC1CCCC1CN. The van der Waals surface area contributed by atoms with Gasteiger partial charge in [-0.05, 0) is 47.3 Å². The smallest absolute Gasteiger partial charge is 0.144 e. The first kappa shape index (κ1) is 12.3. The third kappa shape index (κ3) is 2.76. The lowest BCUT2D eigenvalue weighted by atomic mass is 10.0. The van der Waals surface area contributed by atoms with Gasteiger partial charge in [0.15, 0.2) is 0 Å². The van der Waals surface area contributed by atoms with Crippen molar-refractivity contribution < 1.29 is 0 Å². The number of nitriles is 1. The van der Waals surface area contributed by atoms with Crippen LogP contribution in [0.1, 0.15) is 24.8 Å². The molecule has 4 nitrogen and oxygen atoms in total. The Morgan fingerprint density at radius 3 is 3.12 bits per heavy atom. The van der Waals surface area contributed by atoms with Crippen molar-refractivity contribution >= 4 is 21.7 Å². The molecule has 0 amide bonds. The van der Waals surface area contributed by atoms with Crippen LogP contribution in [0.2, 0.25) is 0 Å². The van der Waals surface area contributed by atoms with Crippen LogP contribution >= 0.6 is 15.9 Å². The molecule has 1 heterocycles. The Morgan fingerprint density at radius 1 is 1.59 bits per heavy atom. The van der Waals surface area contributed by atoms with E-state index in [2.05, 4.69) is 32.3 Å². The fourth-order valence-electron chi connectivity index (χ4n) is 2.32. The molecular formula is C12H15BrN4. The minimum absolute atomic E-state index is 0.348. The van der Waals surface area contributed by atoms with Crippen molar-refractivity contribution in [2.75, 3.05) is 11.9 Å². The summed E-state index contributed by atoms with van der Waals surface area (Å²) in [4.78, 5) is 4.26. The molecule has 2 unspecified atom stereocenters. The second-order valence-electron chi connectivity index (χ2n) is 4.34. The average Bonchev–Trinajstić information content (AvgIpc) is 2.78. The molecule has 3 N–H and O–H groups in total. The fourth-order valence-corrected chi connectivity index (χ4v) is 2.66. The Balaban J connectivity index is 2.16. The molecule has 2 rings (SSSR count). The summed E-state index contributed by atoms with van der Waals surface area (Å²) in [5.74, 6) is 1.16. The van der Waals surface area contributed by atoms with Crippen molar-refractivity contribution in [1.29, 1.82) is 5.26 Å². The van der Waals surface area contributed by atoms with Gasteiger partial charge in [0.25, 0.3) is 0 Å². The summed E-state index contributed by atoms with van der Waals surface area (Å²) in [7, 11) is 0. The quantitative estimate of drug-likeness (QED) is 0.897. The lowest BCUT2D eigenvalue weighted by molar-refractivity contribution is 0.515. The maximum absolute atomic E-state index is 9.06. The van der Waals surface area contributed by atoms with Gasteiger partial charge in [0.2, 0.25) is 0 Å². The molecule has 0 bridgehead atoms. The first-order valence-electron chi connectivity index (χ1n) is 5.77. The Bertz CT molecular complexity index is 441. The molecule has 1 fully saturated rings. The number of hydrogen-bond acceptors (Lipinski definition) is 4. The van der Waals surface area contributed by atoms with Crippen LogP contribution < -0.4 is 11.1 Å². The summed E-state index contributed by atoms with van der Waals surface area (Å²) in [6.45, 7) is 0.691. The zero-order valence-electron chi connectivity index (χ0n) is 9.49. The zero-order valence-corrected chi connectivity index (χ0v) is 11.1. The molecule has 1 saturated carbocycles. The van der Waals surface area contributed by atoms with Crippen molar-refractivity contribution in [3.63, 3.8) is 0 Å². The van der Waals surface area contributed by atoms with E-state index in [1.54, 1.807) is 12.3 Å². The highest BCUT2D eigenvalue weighted by Gasteiger charge is 2.26. The van der Waals surface area contributed by atoms with Gasteiger partial charge in [-0.3, -0.25) is 0 Å². The molecule has 0 saturated heterocycles. The van der Waals surface area contributed by atoms with Crippen LogP contribution in [-0.2, 0) is 0 Å². The molecular weight excluding hydrogens is 280 g/mol. The number of halogens is 1. The third-order valence-corrected chi connectivity index (χ3v) is 3.69. The normalized spacial score (nSPS) is 23.4. The topological polar surface area (TPSA) is 74.7 Å². The molecule has 0 radical (unpaired) electrons. The summed E-state index contributed by atoms with van der Waals surface area (Å²) in [5, 5.41) is 12.4. The first-order chi connectivity index (χ1) is 8.24. The maximum atomic E-state index is 9.06. The fraction of sp³-hybridized carbons (Fsp3) is 0.500. The Kier molecular flexibility index (Phi) is 3.97. The van der Waals surface area contributed by atoms with Crippen LogP contribution in [0, 0.1) is 17.2 Å². The number of hydrogen-bond donors (Lipinski definition) is 2. The molecule has 17 heavy (non-hydrogen) atoms. The number of anilines is 1. The second-order valence-corrected chi connectivity index (χ2v) is 5.25. The van der Waals surface area contributed by atoms with E-state index in [1.165, 1.54) is 6.42 Å². The Hall–Kier alpha value is -1.12. The number of nitrogens with zero attached hydrogens (tertiary/aromatic N) is 2. The largest absolute Gasteiger partial charge is 0.366 e. The van der Waals surface area contributed by atoms with Gasteiger partial charge in [-0.25, -0.2) is 4.98 Å². The van der Waals surface area contributed by atoms with Crippen LogP contribution in [0.3, 0.4) is 0 Å². The molecule has 1 aromatic rings. The van der Waals surface area contributed by atoms with E-state index >= 15 is 0 Å².